The van der Waals surface area contributed by atoms with Gasteiger partial charge in [0.25, 0.3) is 0 Å². The summed E-state index contributed by atoms with van der Waals surface area (Å²) in [6, 6.07) is 4.84. The van der Waals surface area contributed by atoms with Crippen molar-refractivity contribution in [3.8, 4) is 5.75 Å². The summed E-state index contributed by atoms with van der Waals surface area (Å²) >= 11 is 0. The molecule has 1 saturated carbocycles. The lowest BCUT2D eigenvalue weighted by Crippen LogP contribution is -2.44. The van der Waals surface area contributed by atoms with Crippen LogP contribution in [0, 0.1) is 0 Å². The fraction of sp³-hybridized carbons (Fsp3) is 0.526. The van der Waals surface area contributed by atoms with Gasteiger partial charge in [-0.3, -0.25) is 9.59 Å². The first-order chi connectivity index (χ1) is 12.5. The molecule has 0 bridgehead atoms. The third kappa shape index (κ3) is 4.33. The van der Waals surface area contributed by atoms with Crippen molar-refractivity contribution >= 4 is 23.5 Å². The summed E-state index contributed by atoms with van der Waals surface area (Å²) in [4.78, 5) is 36.4. The number of carboxylic acid groups (broad SMARTS) is 1. The van der Waals surface area contributed by atoms with Crippen molar-refractivity contribution in [2.45, 2.75) is 57.5 Å². The van der Waals surface area contributed by atoms with Crippen LogP contribution < -0.4 is 10.1 Å². The molecular weight excluding hydrogens is 336 g/mol. The number of ether oxygens (including phenoxy) is 1. The zero-order valence-corrected chi connectivity index (χ0v) is 14.9. The van der Waals surface area contributed by atoms with E-state index in [2.05, 4.69) is 5.32 Å². The highest BCUT2D eigenvalue weighted by molar-refractivity contribution is 5.94. The van der Waals surface area contributed by atoms with E-state index in [4.69, 9.17) is 9.84 Å². The first-order valence-corrected chi connectivity index (χ1v) is 9.05. The minimum absolute atomic E-state index is 0.0282. The molecule has 1 aliphatic heterocycles. The second-order valence-electron chi connectivity index (χ2n) is 6.87. The Bertz CT molecular complexity index is 714. The lowest BCUT2D eigenvalue weighted by molar-refractivity contribution is -0.150. The number of fused-ring (bicyclic) bond motifs is 1. The molecule has 1 aromatic carbocycles. The third-order valence-corrected chi connectivity index (χ3v) is 4.78. The Morgan fingerprint density at radius 2 is 2.12 bits per heavy atom. The van der Waals surface area contributed by atoms with E-state index >= 15 is 0 Å². The van der Waals surface area contributed by atoms with E-state index < -0.39 is 12.0 Å². The predicted molar refractivity (Wildman–Crippen MR) is 95.1 cm³/mol. The number of nitrogens with one attached hydrogen (secondary N) is 1. The van der Waals surface area contributed by atoms with Crippen LogP contribution in [0.25, 0.3) is 0 Å². The average molecular weight is 360 g/mol. The molecule has 0 radical (unpaired) electrons. The molecule has 1 unspecified atom stereocenters. The van der Waals surface area contributed by atoms with Crippen LogP contribution in [0.3, 0.4) is 0 Å². The SMILES string of the molecule is CC(C(=O)O)N(C(=O)CCCOc1ccc2c(c1)CCC(=O)N2)C1CC1. The van der Waals surface area contributed by atoms with Gasteiger partial charge in [-0.2, -0.15) is 0 Å². The van der Waals surface area contributed by atoms with E-state index in [0.717, 1.165) is 24.1 Å². The number of aryl methyl sites for hydroxylation is 1. The standard InChI is InChI=1S/C19H24N2O5/c1-12(19(24)25)21(14-5-6-14)18(23)3-2-10-26-15-7-8-16-13(11-15)4-9-17(22)20-16/h7-8,11-12,14H,2-6,9-10H2,1H3,(H,20,22)(H,24,25). The number of rotatable bonds is 8. The lowest BCUT2D eigenvalue weighted by atomic mass is 10.0. The van der Waals surface area contributed by atoms with Gasteiger partial charge >= 0.3 is 5.97 Å². The molecule has 1 heterocycles. The van der Waals surface area contributed by atoms with E-state index in [9.17, 15) is 14.4 Å². The van der Waals surface area contributed by atoms with E-state index in [1.54, 1.807) is 13.0 Å². The molecule has 26 heavy (non-hydrogen) atoms. The first-order valence-electron chi connectivity index (χ1n) is 9.05. The van der Waals surface area contributed by atoms with Gasteiger partial charge in [-0.25, -0.2) is 4.79 Å². The smallest absolute Gasteiger partial charge is 0.326 e. The van der Waals surface area contributed by atoms with Crippen molar-refractivity contribution in [3.63, 3.8) is 0 Å². The molecule has 2 aliphatic rings. The predicted octanol–water partition coefficient (Wildman–Crippen LogP) is 2.19. The number of carbonyl (C=O) groups is 3. The molecule has 2 N–H and O–H groups in total. The highest BCUT2D eigenvalue weighted by Gasteiger charge is 2.37. The van der Waals surface area contributed by atoms with E-state index in [-0.39, 0.29) is 24.3 Å². The van der Waals surface area contributed by atoms with Gasteiger partial charge in [0, 0.05) is 24.6 Å². The Labute approximate surface area is 152 Å². The second-order valence-corrected chi connectivity index (χ2v) is 6.87. The normalized spacial score (nSPS) is 17.0. The van der Waals surface area contributed by atoms with Crippen LogP contribution in [-0.2, 0) is 20.8 Å². The van der Waals surface area contributed by atoms with Gasteiger partial charge in [0.1, 0.15) is 11.8 Å². The fourth-order valence-corrected chi connectivity index (χ4v) is 3.20. The molecule has 7 nitrogen and oxygen atoms in total. The van der Waals surface area contributed by atoms with E-state index in [1.807, 2.05) is 12.1 Å². The van der Waals surface area contributed by atoms with Gasteiger partial charge in [0.15, 0.2) is 0 Å². The lowest BCUT2D eigenvalue weighted by Gasteiger charge is -2.26. The molecule has 1 aromatic rings. The number of benzene rings is 1. The van der Waals surface area contributed by atoms with Crippen LogP contribution in [0.4, 0.5) is 5.69 Å². The monoisotopic (exact) mass is 360 g/mol. The maximum Gasteiger partial charge on any atom is 0.326 e. The largest absolute Gasteiger partial charge is 0.494 e. The number of anilines is 1. The highest BCUT2D eigenvalue weighted by atomic mass is 16.5. The molecule has 0 saturated heterocycles. The molecule has 3 rings (SSSR count). The molecule has 0 aromatic heterocycles. The molecular formula is C19H24N2O5. The maximum atomic E-state index is 12.4. The molecule has 7 heteroatoms. The van der Waals surface area contributed by atoms with Gasteiger partial charge in [-0.05, 0) is 56.4 Å². The Balaban J connectivity index is 1.47. The summed E-state index contributed by atoms with van der Waals surface area (Å²) in [5.41, 5.74) is 1.87. The zero-order valence-electron chi connectivity index (χ0n) is 14.9. The van der Waals surface area contributed by atoms with Crippen molar-refractivity contribution in [1.29, 1.82) is 0 Å². The van der Waals surface area contributed by atoms with Crippen LogP contribution in [0.5, 0.6) is 5.75 Å². The Morgan fingerprint density at radius 1 is 1.35 bits per heavy atom. The van der Waals surface area contributed by atoms with Gasteiger partial charge in [0.2, 0.25) is 11.8 Å². The van der Waals surface area contributed by atoms with E-state index in [0.29, 0.717) is 31.6 Å². The van der Waals surface area contributed by atoms with Crippen molar-refractivity contribution in [1.82, 2.24) is 4.90 Å². The number of nitrogens with zero attached hydrogens (tertiary/aromatic N) is 1. The van der Waals surface area contributed by atoms with Crippen LogP contribution in [0.15, 0.2) is 18.2 Å². The minimum Gasteiger partial charge on any atom is -0.494 e. The Hall–Kier alpha value is -2.57. The number of carboxylic acids is 1. The molecule has 1 fully saturated rings. The van der Waals surface area contributed by atoms with E-state index in [1.165, 1.54) is 4.90 Å². The Morgan fingerprint density at radius 3 is 2.81 bits per heavy atom. The topological polar surface area (TPSA) is 95.9 Å². The quantitative estimate of drug-likeness (QED) is 0.693. The molecule has 2 amide bonds. The van der Waals surface area contributed by atoms with Gasteiger partial charge in [-0.15, -0.1) is 0 Å². The summed E-state index contributed by atoms with van der Waals surface area (Å²) < 4.78 is 5.71. The number of amides is 2. The second kappa shape index (κ2) is 7.76. The maximum absolute atomic E-state index is 12.4. The number of hydrogen-bond acceptors (Lipinski definition) is 4. The first kappa shape index (κ1) is 18.2. The van der Waals surface area contributed by atoms with Crippen molar-refractivity contribution in [2.75, 3.05) is 11.9 Å². The van der Waals surface area contributed by atoms with Crippen LogP contribution in [-0.4, -0.2) is 46.5 Å². The summed E-state index contributed by atoms with van der Waals surface area (Å²) in [6.45, 7) is 1.94. The van der Waals surface area contributed by atoms with Crippen LogP contribution in [0.1, 0.15) is 44.6 Å². The van der Waals surface area contributed by atoms with Crippen LogP contribution >= 0.6 is 0 Å². The fourth-order valence-electron chi connectivity index (χ4n) is 3.20. The summed E-state index contributed by atoms with van der Waals surface area (Å²) in [6.07, 6.45) is 3.73. The van der Waals surface area contributed by atoms with Crippen molar-refractivity contribution < 1.29 is 24.2 Å². The molecule has 0 spiro atoms. The summed E-state index contributed by atoms with van der Waals surface area (Å²) in [5.74, 6) is -0.354. The van der Waals surface area contributed by atoms with Gasteiger partial charge < -0.3 is 20.1 Å². The molecule has 1 atom stereocenters. The van der Waals surface area contributed by atoms with Crippen molar-refractivity contribution in [3.05, 3.63) is 23.8 Å². The van der Waals surface area contributed by atoms with Crippen LogP contribution in [0.2, 0.25) is 0 Å². The zero-order chi connectivity index (χ0) is 18.7. The number of hydrogen-bond donors (Lipinski definition) is 2. The Kier molecular flexibility index (Phi) is 5.44. The molecule has 1 aliphatic carbocycles. The number of aliphatic carboxylic acids is 1. The highest BCUT2D eigenvalue weighted by Crippen LogP contribution is 2.30. The van der Waals surface area contributed by atoms with Gasteiger partial charge in [-0.1, -0.05) is 0 Å². The summed E-state index contributed by atoms with van der Waals surface area (Å²) in [7, 11) is 0. The molecule has 140 valence electrons. The van der Waals surface area contributed by atoms with Gasteiger partial charge in [0.05, 0.1) is 6.61 Å². The minimum atomic E-state index is -0.970. The average Bonchev–Trinajstić information content (AvgIpc) is 3.43. The summed E-state index contributed by atoms with van der Waals surface area (Å²) in [5, 5.41) is 12.0. The van der Waals surface area contributed by atoms with Crippen molar-refractivity contribution in [2.24, 2.45) is 0 Å². The number of carbonyl (C=O) groups excluding carboxylic acids is 2. The third-order valence-electron chi connectivity index (χ3n) is 4.78.